The predicted molar refractivity (Wildman–Crippen MR) is 38.8 cm³/mol. The van der Waals surface area contributed by atoms with Gasteiger partial charge in [0.05, 0.1) is 6.08 Å². The summed E-state index contributed by atoms with van der Waals surface area (Å²) in [5, 5.41) is 0. The summed E-state index contributed by atoms with van der Waals surface area (Å²) in [6, 6.07) is 0. The molecular weight excluding hydrogens is 108 g/mol. The number of hydrogen-bond donors (Lipinski definition) is 0. The zero-order valence-corrected chi connectivity index (χ0v) is 5.88. The second kappa shape index (κ2) is 1.80. The highest BCUT2D eigenvalue weighted by Gasteiger charge is 2.36. The SMILES string of the molecule is CC1CC2[CH+]C=CC1C2. The minimum absolute atomic E-state index is 0.917. The highest BCUT2D eigenvalue weighted by atomic mass is 14.4. The van der Waals surface area contributed by atoms with Crippen LogP contribution >= 0.6 is 0 Å². The Morgan fingerprint density at radius 2 is 2.33 bits per heavy atom. The van der Waals surface area contributed by atoms with Crippen LogP contribution in [0.4, 0.5) is 0 Å². The molecule has 0 amide bonds. The molecule has 0 nitrogen and oxygen atoms in total. The van der Waals surface area contributed by atoms with Crippen LogP contribution in [0.15, 0.2) is 12.2 Å². The van der Waals surface area contributed by atoms with E-state index in [0.29, 0.717) is 0 Å². The lowest BCUT2D eigenvalue weighted by Gasteiger charge is -2.04. The van der Waals surface area contributed by atoms with E-state index in [1.807, 2.05) is 0 Å². The number of rotatable bonds is 0. The lowest BCUT2D eigenvalue weighted by Crippen LogP contribution is -2.01. The quantitative estimate of drug-likeness (QED) is 0.432. The molecule has 0 heterocycles. The zero-order chi connectivity index (χ0) is 6.27. The van der Waals surface area contributed by atoms with Crippen molar-refractivity contribution < 1.29 is 0 Å². The fourth-order valence-electron chi connectivity index (χ4n) is 2.12. The van der Waals surface area contributed by atoms with Crippen LogP contribution in [-0.4, -0.2) is 0 Å². The van der Waals surface area contributed by atoms with Crippen molar-refractivity contribution in [2.75, 3.05) is 0 Å². The van der Waals surface area contributed by atoms with Gasteiger partial charge in [-0.2, -0.15) is 0 Å². The van der Waals surface area contributed by atoms with Crippen LogP contribution in [0.1, 0.15) is 19.8 Å². The Bertz CT molecular complexity index is 135. The van der Waals surface area contributed by atoms with E-state index in [1.165, 1.54) is 12.8 Å². The molecule has 2 aliphatic carbocycles. The Morgan fingerprint density at radius 3 is 3.00 bits per heavy atom. The second-order valence-corrected chi connectivity index (χ2v) is 3.45. The minimum Gasteiger partial charge on any atom is -0.0601 e. The van der Waals surface area contributed by atoms with Gasteiger partial charge < -0.3 is 0 Å². The van der Waals surface area contributed by atoms with Gasteiger partial charge in [-0.05, 0) is 18.8 Å². The van der Waals surface area contributed by atoms with Gasteiger partial charge in [0.25, 0.3) is 0 Å². The number of fused-ring (bicyclic) bond motifs is 2. The molecule has 1 saturated carbocycles. The molecule has 0 radical (unpaired) electrons. The van der Waals surface area contributed by atoms with Crippen molar-refractivity contribution in [3.05, 3.63) is 18.6 Å². The Hall–Kier alpha value is -0.390. The molecule has 1 fully saturated rings. The van der Waals surface area contributed by atoms with Gasteiger partial charge >= 0.3 is 0 Å². The first-order chi connectivity index (χ1) is 4.36. The maximum atomic E-state index is 2.37. The summed E-state index contributed by atoms with van der Waals surface area (Å²) >= 11 is 0. The van der Waals surface area contributed by atoms with Crippen molar-refractivity contribution in [1.82, 2.24) is 0 Å². The van der Waals surface area contributed by atoms with Gasteiger partial charge in [0, 0.05) is 24.3 Å². The summed E-state index contributed by atoms with van der Waals surface area (Å²) in [7, 11) is 0. The highest BCUT2D eigenvalue weighted by Crippen LogP contribution is 2.41. The molecule has 0 spiro atoms. The molecule has 0 heteroatoms. The Kier molecular flexibility index (Phi) is 1.08. The molecule has 0 saturated heterocycles. The average Bonchev–Trinajstić information content (AvgIpc) is 2.09. The molecule has 3 unspecified atom stereocenters. The van der Waals surface area contributed by atoms with E-state index in [4.69, 9.17) is 0 Å². The molecule has 2 aliphatic rings. The van der Waals surface area contributed by atoms with E-state index in [2.05, 4.69) is 25.5 Å². The molecule has 0 aliphatic heterocycles. The summed E-state index contributed by atoms with van der Waals surface area (Å²) in [6.45, 7) is 2.37. The van der Waals surface area contributed by atoms with Crippen molar-refractivity contribution in [2.45, 2.75) is 19.8 Å². The summed E-state index contributed by atoms with van der Waals surface area (Å²) in [5.41, 5.74) is 0. The molecule has 48 valence electrons. The first-order valence-electron chi connectivity index (χ1n) is 3.88. The first kappa shape index (κ1) is 5.40. The van der Waals surface area contributed by atoms with Gasteiger partial charge in [-0.15, -0.1) is 0 Å². The fraction of sp³-hybridized carbons (Fsp3) is 0.667. The maximum Gasteiger partial charge on any atom is 0.0899 e. The van der Waals surface area contributed by atoms with Crippen LogP contribution in [-0.2, 0) is 0 Å². The Balaban J connectivity index is 2.18. The maximum absolute atomic E-state index is 2.37. The molecule has 0 aromatic carbocycles. The summed E-state index contributed by atoms with van der Waals surface area (Å²) in [4.78, 5) is 0. The van der Waals surface area contributed by atoms with E-state index in [9.17, 15) is 0 Å². The van der Waals surface area contributed by atoms with E-state index >= 15 is 0 Å². The van der Waals surface area contributed by atoms with E-state index < -0.39 is 0 Å². The minimum atomic E-state index is 0.917. The molecule has 2 rings (SSSR count). The molecule has 3 atom stereocenters. The van der Waals surface area contributed by atoms with Crippen LogP contribution in [0.3, 0.4) is 0 Å². The van der Waals surface area contributed by atoms with E-state index in [0.717, 1.165) is 17.8 Å². The largest absolute Gasteiger partial charge is 0.0899 e. The van der Waals surface area contributed by atoms with Crippen LogP contribution in [0.5, 0.6) is 0 Å². The highest BCUT2D eigenvalue weighted by molar-refractivity contribution is 5.12. The Labute approximate surface area is 57.0 Å². The van der Waals surface area contributed by atoms with Crippen molar-refractivity contribution in [3.8, 4) is 0 Å². The smallest absolute Gasteiger partial charge is 0.0601 e. The van der Waals surface area contributed by atoms with Gasteiger partial charge in [0.15, 0.2) is 0 Å². The summed E-state index contributed by atoms with van der Waals surface area (Å²) < 4.78 is 0. The molecular formula is C9H13+. The van der Waals surface area contributed by atoms with Crippen LogP contribution < -0.4 is 0 Å². The van der Waals surface area contributed by atoms with E-state index in [-0.39, 0.29) is 0 Å². The zero-order valence-electron chi connectivity index (χ0n) is 5.88. The third kappa shape index (κ3) is 0.772. The summed E-state index contributed by atoms with van der Waals surface area (Å²) in [5.74, 6) is 2.79. The van der Waals surface area contributed by atoms with Gasteiger partial charge in [0.2, 0.25) is 0 Å². The fourth-order valence-corrected chi connectivity index (χ4v) is 2.12. The van der Waals surface area contributed by atoms with Gasteiger partial charge in [0.1, 0.15) is 0 Å². The molecule has 0 aromatic rings. The van der Waals surface area contributed by atoms with Crippen molar-refractivity contribution in [2.24, 2.45) is 17.8 Å². The van der Waals surface area contributed by atoms with Gasteiger partial charge in [-0.1, -0.05) is 6.92 Å². The standard InChI is InChI=1S/C9H13/c1-7-5-8-3-2-4-9(7)6-8/h2-4,7-9H,5-6H2,1H3/q+1. The molecule has 0 N–H and O–H groups in total. The van der Waals surface area contributed by atoms with Gasteiger partial charge in [-0.3, -0.25) is 0 Å². The van der Waals surface area contributed by atoms with Gasteiger partial charge in [-0.25, -0.2) is 0 Å². The van der Waals surface area contributed by atoms with Crippen molar-refractivity contribution in [1.29, 1.82) is 0 Å². The van der Waals surface area contributed by atoms with Crippen molar-refractivity contribution >= 4 is 0 Å². The van der Waals surface area contributed by atoms with E-state index in [1.54, 1.807) is 0 Å². The summed E-state index contributed by atoms with van der Waals surface area (Å²) in [6.07, 6.45) is 9.84. The lowest BCUT2D eigenvalue weighted by atomic mass is 9.94. The Morgan fingerprint density at radius 1 is 1.44 bits per heavy atom. The third-order valence-electron chi connectivity index (χ3n) is 2.72. The monoisotopic (exact) mass is 121 g/mol. The van der Waals surface area contributed by atoms with Crippen molar-refractivity contribution in [3.63, 3.8) is 0 Å². The predicted octanol–water partition coefficient (Wildman–Crippen LogP) is 2.42. The lowest BCUT2D eigenvalue weighted by molar-refractivity contribution is 0.504. The topological polar surface area (TPSA) is 0 Å². The third-order valence-corrected chi connectivity index (χ3v) is 2.72. The average molecular weight is 121 g/mol. The first-order valence-corrected chi connectivity index (χ1v) is 3.88. The van der Waals surface area contributed by atoms with Crippen LogP contribution in [0.25, 0.3) is 0 Å². The van der Waals surface area contributed by atoms with Crippen LogP contribution in [0.2, 0.25) is 0 Å². The normalized spacial score (nSPS) is 47.0. The molecule has 2 bridgehead atoms. The number of hydrogen-bond acceptors (Lipinski definition) is 0. The van der Waals surface area contributed by atoms with Crippen LogP contribution in [0, 0.1) is 24.2 Å². The molecule has 9 heavy (non-hydrogen) atoms. The second-order valence-electron chi connectivity index (χ2n) is 3.45. The molecule has 0 aromatic heterocycles. The number of allylic oxidation sites excluding steroid dienone is 2.